The highest BCUT2D eigenvalue weighted by molar-refractivity contribution is 6.62. The van der Waals surface area contributed by atoms with Crippen LogP contribution in [0.4, 0.5) is 0 Å². The van der Waals surface area contributed by atoms with Crippen molar-refractivity contribution in [3.63, 3.8) is 0 Å². The molecule has 0 aliphatic carbocycles. The van der Waals surface area contributed by atoms with Gasteiger partial charge in [0.2, 0.25) is 0 Å². The van der Waals surface area contributed by atoms with Gasteiger partial charge in [-0.2, -0.15) is 0 Å². The fourth-order valence-electron chi connectivity index (χ4n) is 2.72. The summed E-state index contributed by atoms with van der Waals surface area (Å²) in [7, 11) is -0.346. The van der Waals surface area contributed by atoms with Crippen LogP contribution in [0.3, 0.4) is 0 Å². The molecular weight excluding hydrogens is 275 g/mol. The average Bonchev–Trinajstić information content (AvgIpc) is 2.66. The Hall–Kier alpha value is -1.46. The van der Waals surface area contributed by atoms with E-state index in [0.29, 0.717) is 0 Å². The molecule has 0 unspecified atom stereocenters. The van der Waals surface area contributed by atoms with Crippen LogP contribution in [0, 0.1) is 6.92 Å². The van der Waals surface area contributed by atoms with Crippen molar-refractivity contribution in [1.82, 2.24) is 9.97 Å². The van der Waals surface area contributed by atoms with Crippen LogP contribution in [0.15, 0.2) is 18.3 Å². The molecule has 5 heteroatoms. The number of benzene rings is 1. The molecule has 0 atom stereocenters. The average molecular weight is 298 g/mol. The van der Waals surface area contributed by atoms with Gasteiger partial charge in [0.15, 0.2) is 0 Å². The number of hydrogen-bond acceptors (Lipinski definition) is 4. The van der Waals surface area contributed by atoms with Gasteiger partial charge in [0.1, 0.15) is 5.82 Å². The largest absolute Gasteiger partial charge is 0.494 e. The quantitative estimate of drug-likeness (QED) is 0.800. The molecule has 2 heterocycles. The third-order valence-electron chi connectivity index (χ3n) is 4.81. The predicted octanol–water partition coefficient (Wildman–Crippen LogP) is 2.80. The summed E-state index contributed by atoms with van der Waals surface area (Å²) in [5.41, 5.74) is 2.60. The first kappa shape index (κ1) is 15.4. The summed E-state index contributed by atoms with van der Waals surface area (Å²) >= 11 is 0. The van der Waals surface area contributed by atoms with Gasteiger partial charge in [-0.15, -0.1) is 0 Å². The standard InChI is InChI=1S/C17H23BN2O2/c1-7-12-8-14(9-13-10-19-11(2)20-15(12)13)18-21-16(3,4)17(5,6)22-18/h8-10H,7H2,1-6H3. The van der Waals surface area contributed by atoms with E-state index < -0.39 is 0 Å². The van der Waals surface area contributed by atoms with E-state index in [2.05, 4.69) is 56.7 Å². The second kappa shape index (κ2) is 5.03. The lowest BCUT2D eigenvalue weighted by Crippen LogP contribution is -2.41. The van der Waals surface area contributed by atoms with Crippen LogP contribution in [0.25, 0.3) is 10.9 Å². The second-order valence-corrected chi connectivity index (χ2v) is 6.98. The SMILES string of the molecule is CCc1cc(B2OC(C)(C)C(C)(C)O2)cc2cnc(C)nc12. The maximum atomic E-state index is 6.16. The molecule has 1 fully saturated rings. The summed E-state index contributed by atoms with van der Waals surface area (Å²) < 4.78 is 12.3. The molecule has 0 N–H and O–H groups in total. The molecule has 116 valence electrons. The number of aryl methyl sites for hydroxylation is 2. The summed E-state index contributed by atoms with van der Waals surface area (Å²) in [5.74, 6) is 0.797. The van der Waals surface area contributed by atoms with E-state index in [0.717, 1.165) is 28.6 Å². The highest BCUT2D eigenvalue weighted by Gasteiger charge is 2.51. The Morgan fingerprint density at radius 1 is 1.09 bits per heavy atom. The molecule has 0 saturated carbocycles. The molecule has 22 heavy (non-hydrogen) atoms. The van der Waals surface area contributed by atoms with Crippen molar-refractivity contribution in [3.05, 3.63) is 29.7 Å². The maximum Gasteiger partial charge on any atom is 0.494 e. The van der Waals surface area contributed by atoms with E-state index in [-0.39, 0.29) is 18.3 Å². The normalized spacial score (nSPS) is 19.8. The van der Waals surface area contributed by atoms with E-state index >= 15 is 0 Å². The van der Waals surface area contributed by atoms with Gasteiger partial charge in [-0.1, -0.05) is 19.1 Å². The molecular formula is C17H23BN2O2. The molecule has 3 rings (SSSR count). The Kier molecular flexibility index (Phi) is 3.53. The maximum absolute atomic E-state index is 6.16. The first-order valence-corrected chi connectivity index (χ1v) is 7.85. The fraction of sp³-hybridized carbons (Fsp3) is 0.529. The van der Waals surface area contributed by atoms with Crippen molar-refractivity contribution in [2.75, 3.05) is 0 Å². The van der Waals surface area contributed by atoms with Gasteiger partial charge in [-0.25, -0.2) is 9.97 Å². The Morgan fingerprint density at radius 3 is 2.32 bits per heavy atom. The van der Waals surface area contributed by atoms with E-state index in [1.165, 1.54) is 5.56 Å². The van der Waals surface area contributed by atoms with Gasteiger partial charge in [0.05, 0.1) is 16.7 Å². The Bertz CT molecular complexity index is 712. The fourth-order valence-corrected chi connectivity index (χ4v) is 2.72. The van der Waals surface area contributed by atoms with Gasteiger partial charge < -0.3 is 9.31 Å². The third-order valence-corrected chi connectivity index (χ3v) is 4.81. The summed E-state index contributed by atoms with van der Waals surface area (Å²) in [5, 5.41) is 1.04. The molecule has 1 aromatic heterocycles. The molecule has 0 spiro atoms. The van der Waals surface area contributed by atoms with Gasteiger partial charge >= 0.3 is 7.12 Å². The molecule has 1 aliphatic rings. The van der Waals surface area contributed by atoms with Gasteiger partial charge in [-0.3, -0.25) is 0 Å². The van der Waals surface area contributed by atoms with Crippen LogP contribution in [-0.4, -0.2) is 28.3 Å². The van der Waals surface area contributed by atoms with E-state index in [4.69, 9.17) is 9.31 Å². The monoisotopic (exact) mass is 298 g/mol. The van der Waals surface area contributed by atoms with Crippen molar-refractivity contribution >= 4 is 23.5 Å². The summed E-state index contributed by atoms with van der Waals surface area (Å²) in [6.45, 7) is 12.3. The molecule has 4 nitrogen and oxygen atoms in total. The highest BCUT2D eigenvalue weighted by atomic mass is 16.7. The first-order chi connectivity index (χ1) is 10.2. The van der Waals surface area contributed by atoms with Crippen molar-refractivity contribution in [2.24, 2.45) is 0 Å². The minimum Gasteiger partial charge on any atom is -0.399 e. The minimum absolute atomic E-state index is 0.331. The van der Waals surface area contributed by atoms with Crippen LogP contribution in [0.2, 0.25) is 0 Å². The van der Waals surface area contributed by atoms with Crippen molar-refractivity contribution < 1.29 is 9.31 Å². The summed E-state index contributed by atoms with van der Waals surface area (Å²) in [4.78, 5) is 8.89. The van der Waals surface area contributed by atoms with Crippen LogP contribution in [0.1, 0.15) is 46.0 Å². The first-order valence-electron chi connectivity index (χ1n) is 7.85. The van der Waals surface area contributed by atoms with Gasteiger partial charge in [-0.05, 0) is 52.1 Å². The number of nitrogens with zero attached hydrogens (tertiary/aromatic N) is 2. The van der Waals surface area contributed by atoms with Crippen LogP contribution in [-0.2, 0) is 15.7 Å². The van der Waals surface area contributed by atoms with E-state index in [1.807, 2.05) is 13.1 Å². The number of rotatable bonds is 2. The van der Waals surface area contributed by atoms with E-state index in [1.54, 1.807) is 0 Å². The van der Waals surface area contributed by atoms with Crippen LogP contribution < -0.4 is 5.46 Å². The third kappa shape index (κ3) is 2.42. The topological polar surface area (TPSA) is 44.2 Å². The lowest BCUT2D eigenvalue weighted by Gasteiger charge is -2.32. The van der Waals surface area contributed by atoms with Gasteiger partial charge in [0, 0.05) is 11.6 Å². The zero-order valence-corrected chi connectivity index (χ0v) is 14.2. The minimum atomic E-state index is -0.346. The molecule has 1 aliphatic heterocycles. The number of hydrogen-bond donors (Lipinski definition) is 0. The predicted molar refractivity (Wildman–Crippen MR) is 89.4 cm³/mol. The van der Waals surface area contributed by atoms with Crippen LogP contribution in [0.5, 0.6) is 0 Å². The van der Waals surface area contributed by atoms with Crippen molar-refractivity contribution in [3.8, 4) is 0 Å². The Labute approximate surface area is 132 Å². The second-order valence-electron chi connectivity index (χ2n) is 6.98. The summed E-state index contributed by atoms with van der Waals surface area (Å²) in [6.07, 6.45) is 2.80. The Morgan fingerprint density at radius 2 is 1.73 bits per heavy atom. The lowest BCUT2D eigenvalue weighted by atomic mass is 9.77. The lowest BCUT2D eigenvalue weighted by molar-refractivity contribution is 0.00578. The van der Waals surface area contributed by atoms with E-state index in [9.17, 15) is 0 Å². The molecule has 0 bridgehead atoms. The molecule has 0 amide bonds. The zero-order valence-electron chi connectivity index (χ0n) is 14.2. The van der Waals surface area contributed by atoms with Crippen molar-refractivity contribution in [2.45, 2.75) is 59.2 Å². The smallest absolute Gasteiger partial charge is 0.399 e. The number of fused-ring (bicyclic) bond motifs is 1. The molecule has 2 aromatic rings. The molecule has 1 saturated heterocycles. The summed E-state index contributed by atoms with van der Waals surface area (Å²) in [6, 6.07) is 4.23. The Balaban J connectivity index is 2.08. The van der Waals surface area contributed by atoms with Gasteiger partial charge in [0.25, 0.3) is 0 Å². The zero-order chi connectivity index (χ0) is 16.1. The van der Waals surface area contributed by atoms with Crippen molar-refractivity contribution in [1.29, 1.82) is 0 Å². The molecule has 1 aromatic carbocycles. The number of aromatic nitrogens is 2. The van der Waals surface area contributed by atoms with Crippen LogP contribution >= 0.6 is 0 Å². The highest BCUT2D eigenvalue weighted by Crippen LogP contribution is 2.36. The molecule has 0 radical (unpaired) electrons.